The molecule has 1 fully saturated rings. The highest BCUT2D eigenvalue weighted by Crippen LogP contribution is 2.49. The first kappa shape index (κ1) is 7.65. The molecule has 2 rings (SSSR count). The molecule has 1 aromatic heterocycles. The van der Waals surface area contributed by atoms with Crippen molar-refractivity contribution in [1.82, 2.24) is 4.98 Å². The van der Waals surface area contributed by atoms with E-state index in [1.807, 2.05) is 0 Å². The highest BCUT2D eigenvalue weighted by molar-refractivity contribution is 5.24. The van der Waals surface area contributed by atoms with E-state index in [9.17, 15) is 8.78 Å². The quantitative estimate of drug-likeness (QED) is 0.629. The average molecular weight is 169 g/mol. The van der Waals surface area contributed by atoms with Crippen LogP contribution in [0, 0.1) is 12.7 Å². The molecule has 0 amide bonds. The molecule has 3 heteroatoms. The van der Waals surface area contributed by atoms with Crippen LogP contribution < -0.4 is 0 Å². The van der Waals surface area contributed by atoms with Crippen molar-refractivity contribution in [3.8, 4) is 0 Å². The molecule has 1 heterocycles. The topological polar surface area (TPSA) is 12.9 Å². The zero-order chi connectivity index (χ0) is 8.77. The van der Waals surface area contributed by atoms with Crippen LogP contribution >= 0.6 is 0 Å². The second kappa shape index (κ2) is 2.25. The third kappa shape index (κ3) is 1.09. The number of aromatic nitrogens is 1. The first-order valence-corrected chi connectivity index (χ1v) is 3.93. The summed E-state index contributed by atoms with van der Waals surface area (Å²) in [5.74, 6) is -0.519. The minimum absolute atomic E-state index is 0.0203. The van der Waals surface area contributed by atoms with Gasteiger partial charge in [-0.25, -0.2) is 8.78 Å². The van der Waals surface area contributed by atoms with Crippen LogP contribution in [0.5, 0.6) is 0 Å². The van der Waals surface area contributed by atoms with Gasteiger partial charge in [0, 0.05) is 6.20 Å². The Balaban J connectivity index is 2.45. The van der Waals surface area contributed by atoms with Gasteiger partial charge in [-0.1, -0.05) is 0 Å². The van der Waals surface area contributed by atoms with E-state index < -0.39 is 11.5 Å². The van der Waals surface area contributed by atoms with Gasteiger partial charge < -0.3 is 0 Å². The van der Waals surface area contributed by atoms with Crippen LogP contribution in [-0.4, -0.2) is 4.98 Å². The van der Waals surface area contributed by atoms with Gasteiger partial charge in [0.15, 0.2) is 5.67 Å². The molecule has 12 heavy (non-hydrogen) atoms. The Morgan fingerprint density at radius 1 is 1.50 bits per heavy atom. The van der Waals surface area contributed by atoms with E-state index in [4.69, 9.17) is 0 Å². The number of hydrogen-bond donors (Lipinski definition) is 0. The number of nitrogens with zero attached hydrogens (tertiary/aromatic N) is 1. The van der Waals surface area contributed by atoms with Crippen LogP contribution in [0.25, 0.3) is 0 Å². The number of alkyl halides is 1. The highest BCUT2D eigenvalue weighted by Gasteiger charge is 2.48. The van der Waals surface area contributed by atoms with Crippen molar-refractivity contribution in [2.75, 3.05) is 0 Å². The molecule has 1 aliphatic rings. The molecule has 1 saturated carbocycles. The molecule has 0 N–H and O–H groups in total. The van der Waals surface area contributed by atoms with Crippen molar-refractivity contribution in [2.45, 2.75) is 25.4 Å². The van der Waals surface area contributed by atoms with Crippen molar-refractivity contribution in [2.24, 2.45) is 0 Å². The first-order chi connectivity index (χ1) is 5.62. The van der Waals surface area contributed by atoms with Crippen LogP contribution in [0.3, 0.4) is 0 Å². The first-order valence-electron chi connectivity index (χ1n) is 3.93. The number of halogens is 2. The monoisotopic (exact) mass is 169 g/mol. The van der Waals surface area contributed by atoms with Crippen LogP contribution in [0.15, 0.2) is 12.3 Å². The summed E-state index contributed by atoms with van der Waals surface area (Å²) in [6, 6.07) is 1.32. The largest absolute Gasteiger partial charge is 0.255 e. The second-order valence-electron chi connectivity index (χ2n) is 3.31. The van der Waals surface area contributed by atoms with Crippen LogP contribution in [0.4, 0.5) is 8.78 Å². The van der Waals surface area contributed by atoms with Gasteiger partial charge in [-0.3, -0.25) is 4.98 Å². The van der Waals surface area contributed by atoms with Crippen molar-refractivity contribution >= 4 is 0 Å². The Kier molecular flexibility index (Phi) is 1.43. The summed E-state index contributed by atoms with van der Waals surface area (Å²) >= 11 is 0. The van der Waals surface area contributed by atoms with E-state index >= 15 is 0 Å². The zero-order valence-corrected chi connectivity index (χ0v) is 6.77. The summed E-state index contributed by atoms with van der Waals surface area (Å²) in [6.07, 6.45) is 2.30. The fourth-order valence-corrected chi connectivity index (χ4v) is 1.21. The molecular formula is C9H9F2N. The molecule has 0 spiro atoms. The molecule has 1 nitrogen and oxygen atoms in total. The molecule has 0 saturated heterocycles. The third-order valence-electron chi connectivity index (χ3n) is 2.09. The molecule has 1 aliphatic carbocycles. The van der Waals surface area contributed by atoms with Gasteiger partial charge in [-0.15, -0.1) is 0 Å². The lowest BCUT2D eigenvalue weighted by Gasteiger charge is -2.05. The summed E-state index contributed by atoms with van der Waals surface area (Å²) in [4.78, 5) is 3.76. The van der Waals surface area contributed by atoms with Crippen LogP contribution in [-0.2, 0) is 5.67 Å². The van der Waals surface area contributed by atoms with Crippen molar-refractivity contribution < 1.29 is 8.78 Å². The van der Waals surface area contributed by atoms with Crippen molar-refractivity contribution in [3.63, 3.8) is 0 Å². The maximum absolute atomic E-state index is 13.3. The van der Waals surface area contributed by atoms with E-state index in [1.165, 1.54) is 12.3 Å². The van der Waals surface area contributed by atoms with Crippen molar-refractivity contribution in [3.05, 3.63) is 29.3 Å². The normalized spacial score (nSPS) is 19.2. The Morgan fingerprint density at radius 2 is 2.17 bits per heavy atom. The van der Waals surface area contributed by atoms with E-state index in [0.29, 0.717) is 12.8 Å². The SMILES string of the molecule is Cc1cnc(C2(F)CC2)c(F)c1. The fraction of sp³-hybridized carbons (Fsp3) is 0.444. The average Bonchev–Trinajstić information content (AvgIpc) is 2.68. The third-order valence-corrected chi connectivity index (χ3v) is 2.09. The van der Waals surface area contributed by atoms with Crippen LogP contribution in [0.1, 0.15) is 24.1 Å². The Labute approximate surface area is 69.4 Å². The van der Waals surface area contributed by atoms with Gasteiger partial charge in [-0.2, -0.15) is 0 Å². The maximum atomic E-state index is 13.3. The second-order valence-corrected chi connectivity index (χ2v) is 3.31. The van der Waals surface area contributed by atoms with Crippen LogP contribution in [0.2, 0.25) is 0 Å². The molecule has 64 valence electrons. The summed E-state index contributed by atoms with van der Waals surface area (Å²) in [5, 5.41) is 0. The Hall–Kier alpha value is -0.990. The maximum Gasteiger partial charge on any atom is 0.155 e. The van der Waals surface area contributed by atoms with Gasteiger partial charge in [0.05, 0.1) is 0 Å². The number of aryl methyl sites for hydroxylation is 1. The van der Waals surface area contributed by atoms with Gasteiger partial charge in [0.2, 0.25) is 0 Å². The molecule has 0 atom stereocenters. The van der Waals surface area contributed by atoms with Gasteiger partial charge >= 0.3 is 0 Å². The molecular weight excluding hydrogens is 160 g/mol. The number of pyridine rings is 1. The number of rotatable bonds is 1. The molecule has 0 aliphatic heterocycles. The van der Waals surface area contributed by atoms with E-state index in [0.717, 1.165) is 5.56 Å². The minimum atomic E-state index is -1.46. The predicted octanol–water partition coefficient (Wildman–Crippen LogP) is 2.49. The summed E-state index contributed by atoms with van der Waals surface area (Å²) in [6.45, 7) is 1.73. The Morgan fingerprint density at radius 3 is 2.67 bits per heavy atom. The van der Waals surface area contributed by atoms with Gasteiger partial charge in [0.25, 0.3) is 0 Å². The lowest BCUT2D eigenvalue weighted by atomic mass is 10.2. The lowest BCUT2D eigenvalue weighted by molar-refractivity contribution is 0.297. The van der Waals surface area contributed by atoms with E-state index in [-0.39, 0.29) is 5.69 Å². The van der Waals surface area contributed by atoms with Crippen molar-refractivity contribution in [1.29, 1.82) is 0 Å². The summed E-state index contributed by atoms with van der Waals surface area (Å²) < 4.78 is 26.4. The minimum Gasteiger partial charge on any atom is -0.255 e. The highest BCUT2D eigenvalue weighted by atomic mass is 19.2. The Bertz CT molecular complexity index is 318. The molecule has 0 radical (unpaired) electrons. The van der Waals surface area contributed by atoms with Gasteiger partial charge in [0.1, 0.15) is 11.5 Å². The molecule has 1 aromatic rings. The van der Waals surface area contributed by atoms with Gasteiger partial charge in [-0.05, 0) is 31.4 Å². The van der Waals surface area contributed by atoms with E-state index in [2.05, 4.69) is 4.98 Å². The summed E-state index contributed by atoms with van der Waals surface area (Å²) in [5.41, 5.74) is -0.758. The molecule has 0 unspecified atom stereocenters. The summed E-state index contributed by atoms with van der Waals surface area (Å²) in [7, 11) is 0. The molecule has 0 aromatic carbocycles. The number of hydrogen-bond acceptors (Lipinski definition) is 1. The standard InChI is InChI=1S/C9H9F2N/c1-6-4-7(10)8(12-5-6)9(11)2-3-9/h4-5H,2-3H2,1H3. The smallest absolute Gasteiger partial charge is 0.155 e. The predicted molar refractivity (Wildman–Crippen MR) is 41.0 cm³/mol. The fourth-order valence-electron chi connectivity index (χ4n) is 1.21. The lowest BCUT2D eigenvalue weighted by Crippen LogP contribution is -2.05. The molecule has 0 bridgehead atoms. The van der Waals surface area contributed by atoms with E-state index in [1.54, 1.807) is 6.92 Å². The zero-order valence-electron chi connectivity index (χ0n) is 6.77.